The van der Waals surface area contributed by atoms with E-state index >= 15 is 0 Å². The van der Waals surface area contributed by atoms with E-state index in [1.807, 2.05) is 31.6 Å². The van der Waals surface area contributed by atoms with Crippen LogP contribution >= 0.6 is 0 Å². The van der Waals surface area contributed by atoms with Crippen molar-refractivity contribution in [3.05, 3.63) is 41.2 Å². The smallest absolute Gasteiger partial charge is 0.410 e. The van der Waals surface area contributed by atoms with Crippen molar-refractivity contribution >= 4 is 6.09 Å². The molecule has 3 rings (SSSR count). The predicted octanol–water partition coefficient (Wildman–Crippen LogP) is 5.05. The Morgan fingerprint density at radius 3 is 2.20 bits per heavy atom. The zero-order chi connectivity index (χ0) is 25.6. The summed E-state index contributed by atoms with van der Waals surface area (Å²) in [5.74, 6) is 1.77. The van der Waals surface area contributed by atoms with E-state index in [2.05, 4.69) is 61.1 Å². The molecule has 0 bridgehead atoms. The Hall–Kier alpha value is -2.61. The van der Waals surface area contributed by atoms with E-state index in [0.29, 0.717) is 31.5 Å². The third kappa shape index (κ3) is 7.95. The molecule has 1 amide bonds. The van der Waals surface area contributed by atoms with Gasteiger partial charge in [-0.15, -0.1) is 5.10 Å². The topological polar surface area (TPSA) is 72.7 Å². The molecule has 8 nitrogen and oxygen atoms in total. The Balaban J connectivity index is 1.44. The van der Waals surface area contributed by atoms with Crippen molar-refractivity contribution in [2.24, 2.45) is 0 Å². The standard InChI is InChI=1S/C27H43N5O3/c1-20(2)23-10-8-11-24(21(3)4)25(23)34-19-22-18-32(29-28-22)13-9-12-30-14-16-31(17-15-30)26(33)35-27(5,6)7/h8,10-11,18,20-21H,9,12-17,19H2,1-7H3. The second-order valence-electron chi connectivity index (χ2n) is 11.0. The summed E-state index contributed by atoms with van der Waals surface area (Å²) in [5.41, 5.74) is 2.85. The van der Waals surface area contributed by atoms with Gasteiger partial charge in [0.1, 0.15) is 23.7 Å². The van der Waals surface area contributed by atoms with Crippen LogP contribution in [-0.2, 0) is 17.9 Å². The van der Waals surface area contributed by atoms with Gasteiger partial charge in [-0.3, -0.25) is 9.58 Å². The molecule has 2 heterocycles. The number of rotatable bonds is 9. The molecule has 0 atom stereocenters. The summed E-state index contributed by atoms with van der Waals surface area (Å²) in [4.78, 5) is 16.4. The maximum atomic E-state index is 12.2. The number of carbonyl (C=O) groups excluding carboxylic acids is 1. The summed E-state index contributed by atoms with van der Waals surface area (Å²) in [6.07, 6.45) is 2.74. The molecule has 1 aliphatic heterocycles. The molecule has 0 N–H and O–H groups in total. The number of aromatic nitrogens is 3. The van der Waals surface area contributed by atoms with E-state index in [0.717, 1.165) is 44.0 Å². The second-order valence-corrected chi connectivity index (χ2v) is 11.0. The number of aryl methyl sites for hydroxylation is 1. The Kier molecular flexibility index (Phi) is 9.16. The van der Waals surface area contributed by atoms with Gasteiger partial charge < -0.3 is 14.4 Å². The summed E-state index contributed by atoms with van der Waals surface area (Å²) >= 11 is 0. The first kappa shape index (κ1) is 27.0. The van der Waals surface area contributed by atoms with E-state index in [1.54, 1.807) is 4.90 Å². The van der Waals surface area contributed by atoms with Crippen LogP contribution in [0.25, 0.3) is 0 Å². The molecule has 1 aliphatic rings. The highest BCUT2D eigenvalue weighted by molar-refractivity contribution is 5.68. The van der Waals surface area contributed by atoms with Gasteiger partial charge in [0.2, 0.25) is 0 Å². The number of hydrogen-bond acceptors (Lipinski definition) is 6. The predicted molar refractivity (Wildman–Crippen MR) is 138 cm³/mol. The number of piperazine rings is 1. The van der Waals surface area contributed by atoms with Crippen molar-refractivity contribution in [2.75, 3.05) is 32.7 Å². The number of hydrogen-bond donors (Lipinski definition) is 0. The monoisotopic (exact) mass is 485 g/mol. The third-order valence-electron chi connectivity index (χ3n) is 6.16. The molecule has 8 heteroatoms. The van der Waals surface area contributed by atoms with Crippen molar-refractivity contribution in [1.82, 2.24) is 24.8 Å². The number of carbonyl (C=O) groups is 1. The van der Waals surface area contributed by atoms with Crippen molar-refractivity contribution in [3.8, 4) is 5.75 Å². The largest absolute Gasteiger partial charge is 0.487 e. The average molecular weight is 486 g/mol. The van der Waals surface area contributed by atoms with Gasteiger partial charge in [-0.05, 0) is 50.2 Å². The molecule has 194 valence electrons. The Morgan fingerprint density at radius 1 is 1.00 bits per heavy atom. The molecule has 1 fully saturated rings. The highest BCUT2D eigenvalue weighted by Gasteiger charge is 2.25. The van der Waals surface area contributed by atoms with Gasteiger partial charge in [0, 0.05) is 39.3 Å². The van der Waals surface area contributed by atoms with Crippen LogP contribution in [0.4, 0.5) is 4.79 Å². The highest BCUT2D eigenvalue weighted by atomic mass is 16.6. The number of amides is 1. The van der Waals surface area contributed by atoms with Crippen LogP contribution in [0.2, 0.25) is 0 Å². The lowest BCUT2D eigenvalue weighted by atomic mass is 9.94. The van der Waals surface area contributed by atoms with Gasteiger partial charge in [-0.2, -0.15) is 0 Å². The molecule has 0 spiro atoms. The quantitative estimate of drug-likeness (QED) is 0.495. The molecular formula is C27H43N5O3. The van der Waals surface area contributed by atoms with Crippen LogP contribution in [0, 0.1) is 0 Å². The van der Waals surface area contributed by atoms with Crippen molar-refractivity contribution in [3.63, 3.8) is 0 Å². The third-order valence-corrected chi connectivity index (χ3v) is 6.16. The van der Waals surface area contributed by atoms with Crippen molar-refractivity contribution in [2.45, 2.75) is 85.5 Å². The molecule has 0 radical (unpaired) electrons. The first-order valence-corrected chi connectivity index (χ1v) is 12.9. The summed E-state index contributed by atoms with van der Waals surface area (Å²) < 4.78 is 13.7. The summed E-state index contributed by atoms with van der Waals surface area (Å²) in [5, 5.41) is 8.61. The van der Waals surface area contributed by atoms with Crippen molar-refractivity contribution in [1.29, 1.82) is 0 Å². The minimum Gasteiger partial charge on any atom is -0.487 e. The lowest BCUT2D eigenvalue weighted by Crippen LogP contribution is -2.50. The SMILES string of the molecule is CC(C)c1cccc(C(C)C)c1OCc1cn(CCCN2CCN(C(=O)OC(C)(C)C)CC2)nn1. The molecule has 1 saturated heterocycles. The fraction of sp³-hybridized carbons (Fsp3) is 0.667. The normalized spacial score (nSPS) is 15.2. The zero-order valence-electron chi connectivity index (χ0n) is 22.6. The molecule has 2 aromatic rings. The Labute approximate surface area is 210 Å². The Bertz CT molecular complexity index is 930. The summed E-state index contributed by atoms with van der Waals surface area (Å²) in [6, 6.07) is 6.41. The maximum absolute atomic E-state index is 12.2. The number of nitrogens with zero attached hydrogens (tertiary/aromatic N) is 5. The van der Waals surface area contributed by atoms with Crippen LogP contribution in [0.5, 0.6) is 5.75 Å². The first-order chi connectivity index (χ1) is 16.5. The van der Waals surface area contributed by atoms with E-state index in [1.165, 1.54) is 11.1 Å². The fourth-order valence-electron chi connectivity index (χ4n) is 4.25. The van der Waals surface area contributed by atoms with Crippen LogP contribution in [0.1, 0.15) is 83.5 Å². The Morgan fingerprint density at radius 2 is 1.63 bits per heavy atom. The minimum absolute atomic E-state index is 0.217. The van der Waals surface area contributed by atoms with E-state index in [4.69, 9.17) is 9.47 Å². The maximum Gasteiger partial charge on any atom is 0.410 e. The van der Waals surface area contributed by atoms with E-state index in [-0.39, 0.29) is 6.09 Å². The molecule has 0 aliphatic carbocycles. The molecule has 1 aromatic heterocycles. The lowest BCUT2D eigenvalue weighted by molar-refractivity contribution is 0.0143. The molecule has 1 aromatic carbocycles. The van der Waals surface area contributed by atoms with Crippen LogP contribution in [0.15, 0.2) is 24.4 Å². The summed E-state index contributed by atoms with van der Waals surface area (Å²) in [6.45, 7) is 19.8. The summed E-state index contributed by atoms with van der Waals surface area (Å²) in [7, 11) is 0. The van der Waals surface area contributed by atoms with Crippen LogP contribution in [-0.4, -0.2) is 69.2 Å². The second kappa shape index (κ2) is 11.9. The molecular weight excluding hydrogens is 442 g/mol. The lowest BCUT2D eigenvalue weighted by Gasteiger charge is -2.35. The van der Waals surface area contributed by atoms with Gasteiger partial charge in [0.15, 0.2) is 0 Å². The highest BCUT2D eigenvalue weighted by Crippen LogP contribution is 2.34. The van der Waals surface area contributed by atoms with Crippen molar-refractivity contribution < 1.29 is 14.3 Å². The van der Waals surface area contributed by atoms with E-state index < -0.39 is 5.60 Å². The molecule has 0 unspecified atom stereocenters. The number of benzene rings is 1. The zero-order valence-corrected chi connectivity index (χ0v) is 22.6. The first-order valence-electron chi connectivity index (χ1n) is 12.9. The van der Waals surface area contributed by atoms with Crippen LogP contribution in [0.3, 0.4) is 0 Å². The molecule has 35 heavy (non-hydrogen) atoms. The van der Waals surface area contributed by atoms with Gasteiger partial charge in [-0.1, -0.05) is 51.1 Å². The fourth-order valence-corrected chi connectivity index (χ4v) is 4.25. The number of para-hydroxylation sites is 1. The average Bonchev–Trinajstić information content (AvgIpc) is 3.24. The van der Waals surface area contributed by atoms with E-state index in [9.17, 15) is 4.79 Å². The van der Waals surface area contributed by atoms with Gasteiger partial charge in [0.25, 0.3) is 0 Å². The van der Waals surface area contributed by atoms with Gasteiger partial charge in [-0.25, -0.2) is 4.79 Å². The molecule has 0 saturated carbocycles. The minimum atomic E-state index is -0.454. The number of ether oxygens (including phenoxy) is 2. The van der Waals surface area contributed by atoms with Gasteiger partial charge in [0.05, 0.1) is 6.20 Å². The van der Waals surface area contributed by atoms with Crippen LogP contribution < -0.4 is 4.74 Å². The van der Waals surface area contributed by atoms with Gasteiger partial charge >= 0.3 is 6.09 Å².